The van der Waals surface area contributed by atoms with Crippen LogP contribution in [0, 0.1) is 6.92 Å². The summed E-state index contributed by atoms with van der Waals surface area (Å²) in [7, 11) is 0. The van der Waals surface area contributed by atoms with Crippen LogP contribution in [0.25, 0.3) is 0 Å². The molecule has 2 atom stereocenters. The van der Waals surface area contributed by atoms with Crippen molar-refractivity contribution >= 4 is 11.3 Å². The molecular formula is C13H23NO2S. The van der Waals surface area contributed by atoms with Crippen molar-refractivity contribution in [3.8, 4) is 0 Å². The van der Waals surface area contributed by atoms with Gasteiger partial charge in [-0.25, -0.2) is 0 Å². The van der Waals surface area contributed by atoms with Crippen molar-refractivity contribution < 1.29 is 9.47 Å². The van der Waals surface area contributed by atoms with Gasteiger partial charge < -0.3 is 15.2 Å². The second-order valence-corrected chi connectivity index (χ2v) is 4.98. The zero-order valence-corrected chi connectivity index (χ0v) is 11.8. The highest BCUT2D eigenvalue weighted by Crippen LogP contribution is 2.29. The Morgan fingerprint density at radius 3 is 2.65 bits per heavy atom. The van der Waals surface area contributed by atoms with Crippen LogP contribution in [0.2, 0.25) is 0 Å². The van der Waals surface area contributed by atoms with Gasteiger partial charge >= 0.3 is 0 Å². The quantitative estimate of drug-likeness (QED) is 0.728. The standard InChI is InChI=1S/C13H23NO2S/c1-4-11(14)12(16-8-7-15-5-2)13-10(3)6-9-17-13/h6,9,11-12H,4-5,7-8,14H2,1-3H3. The van der Waals surface area contributed by atoms with Gasteiger partial charge in [0.25, 0.3) is 0 Å². The lowest BCUT2D eigenvalue weighted by atomic mass is 10.1. The lowest BCUT2D eigenvalue weighted by molar-refractivity contribution is -0.00409. The lowest BCUT2D eigenvalue weighted by Gasteiger charge is -2.23. The zero-order valence-electron chi connectivity index (χ0n) is 10.9. The normalized spacial score (nSPS) is 14.8. The van der Waals surface area contributed by atoms with Crippen molar-refractivity contribution in [1.82, 2.24) is 0 Å². The maximum Gasteiger partial charge on any atom is 0.107 e. The number of rotatable bonds is 8. The van der Waals surface area contributed by atoms with E-state index in [1.807, 2.05) is 6.92 Å². The second-order valence-electron chi connectivity index (χ2n) is 4.03. The van der Waals surface area contributed by atoms with E-state index in [-0.39, 0.29) is 12.1 Å². The third-order valence-corrected chi connectivity index (χ3v) is 3.83. The Balaban J connectivity index is 2.59. The molecule has 2 unspecified atom stereocenters. The van der Waals surface area contributed by atoms with E-state index in [0.717, 1.165) is 13.0 Å². The third kappa shape index (κ3) is 4.39. The largest absolute Gasteiger partial charge is 0.379 e. The first kappa shape index (κ1) is 14.6. The zero-order chi connectivity index (χ0) is 12.7. The molecular weight excluding hydrogens is 234 g/mol. The van der Waals surface area contributed by atoms with Crippen LogP contribution in [-0.2, 0) is 9.47 Å². The van der Waals surface area contributed by atoms with Crippen molar-refractivity contribution in [2.24, 2.45) is 5.73 Å². The van der Waals surface area contributed by atoms with Crippen LogP contribution < -0.4 is 5.73 Å². The van der Waals surface area contributed by atoms with Crippen LogP contribution in [0.5, 0.6) is 0 Å². The van der Waals surface area contributed by atoms with Crippen LogP contribution in [0.4, 0.5) is 0 Å². The van der Waals surface area contributed by atoms with Crippen molar-refractivity contribution in [1.29, 1.82) is 0 Å². The highest BCUT2D eigenvalue weighted by molar-refractivity contribution is 7.10. The molecule has 4 heteroatoms. The molecule has 0 fully saturated rings. The summed E-state index contributed by atoms with van der Waals surface area (Å²) < 4.78 is 11.2. The van der Waals surface area contributed by atoms with E-state index in [0.29, 0.717) is 13.2 Å². The summed E-state index contributed by atoms with van der Waals surface area (Å²) in [6.45, 7) is 8.14. The van der Waals surface area contributed by atoms with Gasteiger partial charge in [0.2, 0.25) is 0 Å². The van der Waals surface area contributed by atoms with Crippen molar-refractivity contribution in [3.05, 3.63) is 21.9 Å². The van der Waals surface area contributed by atoms with Gasteiger partial charge in [0.05, 0.1) is 13.2 Å². The Morgan fingerprint density at radius 2 is 2.12 bits per heavy atom. The molecule has 98 valence electrons. The number of thiophene rings is 1. The van der Waals surface area contributed by atoms with E-state index < -0.39 is 0 Å². The van der Waals surface area contributed by atoms with Crippen LogP contribution >= 0.6 is 11.3 Å². The Morgan fingerprint density at radius 1 is 1.35 bits per heavy atom. The number of hydrogen-bond acceptors (Lipinski definition) is 4. The minimum atomic E-state index is 0.000422. The fourth-order valence-corrected chi connectivity index (χ4v) is 2.71. The molecule has 1 rings (SSSR count). The topological polar surface area (TPSA) is 44.5 Å². The molecule has 0 aliphatic heterocycles. The van der Waals surface area contributed by atoms with Gasteiger partial charge in [0, 0.05) is 17.5 Å². The van der Waals surface area contributed by atoms with E-state index in [1.54, 1.807) is 11.3 Å². The highest BCUT2D eigenvalue weighted by Gasteiger charge is 2.21. The predicted octanol–water partition coefficient (Wildman–Crippen LogP) is 2.89. The molecule has 3 nitrogen and oxygen atoms in total. The van der Waals surface area contributed by atoms with Gasteiger partial charge in [-0.15, -0.1) is 11.3 Å². The van der Waals surface area contributed by atoms with Crippen molar-refractivity contribution in [3.63, 3.8) is 0 Å². The van der Waals surface area contributed by atoms with Crippen LogP contribution in [0.15, 0.2) is 11.4 Å². The monoisotopic (exact) mass is 257 g/mol. The van der Waals surface area contributed by atoms with E-state index in [9.17, 15) is 0 Å². The molecule has 1 aromatic rings. The third-order valence-electron chi connectivity index (χ3n) is 2.75. The fourth-order valence-electron chi connectivity index (χ4n) is 1.66. The number of ether oxygens (including phenoxy) is 2. The second kappa shape index (κ2) is 7.82. The summed E-state index contributed by atoms with van der Waals surface area (Å²) in [6, 6.07) is 2.16. The Labute approximate surface area is 108 Å². The first-order chi connectivity index (χ1) is 8.20. The van der Waals surface area contributed by atoms with Gasteiger partial charge in [-0.2, -0.15) is 0 Å². The molecule has 17 heavy (non-hydrogen) atoms. The Hall–Kier alpha value is -0.420. The van der Waals surface area contributed by atoms with Gasteiger partial charge in [-0.3, -0.25) is 0 Å². The summed E-state index contributed by atoms with van der Waals surface area (Å²) in [6.07, 6.45) is 0.914. The number of hydrogen-bond donors (Lipinski definition) is 1. The first-order valence-corrected chi connectivity index (χ1v) is 7.07. The maximum atomic E-state index is 6.13. The minimum absolute atomic E-state index is 0.000422. The molecule has 0 bridgehead atoms. The summed E-state index contributed by atoms with van der Waals surface area (Å²) in [4.78, 5) is 1.25. The van der Waals surface area contributed by atoms with E-state index in [1.165, 1.54) is 10.4 Å². The van der Waals surface area contributed by atoms with Gasteiger partial charge in [-0.1, -0.05) is 6.92 Å². The Kier molecular flexibility index (Phi) is 6.73. The molecule has 0 aliphatic carbocycles. The van der Waals surface area contributed by atoms with Crippen molar-refractivity contribution in [2.45, 2.75) is 39.3 Å². The molecule has 1 heterocycles. The smallest absolute Gasteiger partial charge is 0.107 e. The highest BCUT2D eigenvalue weighted by atomic mass is 32.1. The fraction of sp³-hybridized carbons (Fsp3) is 0.692. The first-order valence-electron chi connectivity index (χ1n) is 6.19. The summed E-state index contributed by atoms with van der Waals surface area (Å²) in [5.41, 5.74) is 7.40. The van der Waals surface area contributed by atoms with Gasteiger partial charge in [0.15, 0.2) is 0 Å². The molecule has 2 N–H and O–H groups in total. The van der Waals surface area contributed by atoms with Crippen LogP contribution in [-0.4, -0.2) is 25.9 Å². The molecule has 0 saturated heterocycles. The molecule has 0 radical (unpaired) electrons. The molecule has 0 amide bonds. The Bertz CT molecular complexity index is 314. The molecule has 0 saturated carbocycles. The van der Waals surface area contributed by atoms with Crippen molar-refractivity contribution in [2.75, 3.05) is 19.8 Å². The summed E-state index contributed by atoms with van der Waals surface area (Å²) in [5, 5.41) is 2.09. The lowest BCUT2D eigenvalue weighted by Crippen LogP contribution is -2.30. The SMILES string of the molecule is CCOCCOC(c1sccc1C)C(N)CC. The van der Waals surface area contributed by atoms with Gasteiger partial charge in [0.1, 0.15) is 6.10 Å². The summed E-state index contributed by atoms with van der Waals surface area (Å²) in [5.74, 6) is 0. The number of nitrogens with two attached hydrogens (primary N) is 1. The molecule has 1 aromatic heterocycles. The van der Waals surface area contributed by atoms with Crippen LogP contribution in [0.3, 0.4) is 0 Å². The van der Waals surface area contributed by atoms with E-state index in [2.05, 4.69) is 25.3 Å². The maximum absolute atomic E-state index is 6.13. The van der Waals surface area contributed by atoms with Gasteiger partial charge in [-0.05, 0) is 37.3 Å². The minimum Gasteiger partial charge on any atom is -0.379 e. The molecule has 0 spiro atoms. The van der Waals surface area contributed by atoms with E-state index >= 15 is 0 Å². The molecule has 0 aliphatic rings. The number of aryl methyl sites for hydroxylation is 1. The average molecular weight is 257 g/mol. The predicted molar refractivity (Wildman–Crippen MR) is 72.5 cm³/mol. The summed E-state index contributed by atoms with van der Waals surface area (Å²) >= 11 is 1.72. The molecule has 0 aromatic carbocycles. The average Bonchev–Trinajstić information content (AvgIpc) is 2.75. The van der Waals surface area contributed by atoms with E-state index in [4.69, 9.17) is 15.2 Å². The van der Waals surface area contributed by atoms with Crippen LogP contribution in [0.1, 0.15) is 36.8 Å².